The van der Waals surface area contributed by atoms with E-state index in [2.05, 4.69) is 19.2 Å². The molecular formula is C17H33NO. The summed E-state index contributed by atoms with van der Waals surface area (Å²) in [7, 11) is 0. The van der Waals surface area contributed by atoms with E-state index in [-0.39, 0.29) is 0 Å². The minimum absolute atomic E-state index is 0.470. The van der Waals surface area contributed by atoms with E-state index >= 15 is 0 Å². The second kappa shape index (κ2) is 8.26. The molecule has 2 rings (SSSR count). The molecule has 0 spiro atoms. The number of hydrogen-bond acceptors (Lipinski definition) is 2. The molecule has 0 aliphatic heterocycles. The maximum absolute atomic E-state index is 6.34. The second-order valence-electron chi connectivity index (χ2n) is 6.85. The van der Waals surface area contributed by atoms with Gasteiger partial charge in [-0.25, -0.2) is 0 Å². The van der Waals surface area contributed by atoms with Gasteiger partial charge < -0.3 is 10.1 Å². The van der Waals surface area contributed by atoms with Gasteiger partial charge in [-0.15, -0.1) is 0 Å². The predicted octanol–water partition coefficient (Wildman–Crippen LogP) is 4.14. The lowest BCUT2D eigenvalue weighted by molar-refractivity contribution is -0.0282. The highest BCUT2D eigenvalue weighted by Gasteiger charge is 2.29. The van der Waals surface area contributed by atoms with Crippen LogP contribution in [0.1, 0.15) is 71.6 Å². The van der Waals surface area contributed by atoms with Gasteiger partial charge in [-0.05, 0) is 56.9 Å². The Labute approximate surface area is 119 Å². The second-order valence-corrected chi connectivity index (χ2v) is 6.85. The lowest BCUT2D eigenvalue weighted by atomic mass is 9.84. The molecule has 0 amide bonds. The zero-order valence-corrected chi connectivity index (χ0v) is 13.0. The summed E-state index contributed by atoms with van der Waals surface area (Å²) >= 11 is 0. The van der Waals surface area contributed by atoms with Crippen LogP contribution in [0.2, 0.25) is 0 Å². The fourth-order valence-electron chi connectivity index (χ4n) is 3.69. The Bertz CT molecular complexity index is 235. The van der Waals surface area contributed by atoms with Crippen molar-refractivity contribution >= 4 is 0 Å². The summed E-state index contributed by atoms with van der Waals surface area (Å²) in [5.41, 5.74) is 0. The van der Waals surface area contributed by atoms with Crippen LogP contribution in [0.15, 0.2) is 0 Å². The molecule has 2 heteroatoms. The van der Waals surface area contributed by atoms with Gasteiger partial charge in [-0.3, -0.25) is 0 Å². The summed E-state index contributed by atoms with van der Waals surface area (Å²) in [4.78, 5) is 0. The maximum Gasteiger partial charge on any atom is 0.0730 e. The monoisotopic (exact) mass is 267 g/mol. The molecule has 0 saturated heterocycles. The SMILES string of the molecule is CCCNC1CCC(C)CC1OCC1CCCCC1. The van der Waals surface area contributed by atoms with E-state index in [0.717, 1.165) is 25.0 Å². The molecule has 0 aromatic heterocycles. The van der Waals surface area contributed by atoms with Crippen LogP contribution in [0.3, 0.4) is 0 Å². The molecule has 2 fully saturated rings. The highest BCUT2D eigenvalue weighted by atomic mass is 16.5. The Balaban J connectivity index is 1.75. The van der Waals surface area contributed by atoms with E-state index < -0.39 is 0 Å². The van der Waals surface area contributed by atoms with E-state index in [9.17, 15) is 0 Å². The normalized spacial score (nSPS) is 33.5. The Hall–Kier alpha value is -0.0800. The minimum atomic E-state index is 0.470. The fourth-order valence-corrected chi connectivity index (χ4v) is 3.69. The summed E-state index contributed by atoms with van der Waals surface area (Å²) in [6.45, 7) is 6.79. The Kier molecular flexibility index (Phi) is 6.66. The third-order valence-electron chi connectivity index (χ3n) is 4.98. The molecule has 2 aliphatic carbocycles. The fraction of sp³-hybridized carbons (Fsp3) is 1.00. The largest absolute Gasteiger partial charge is 0.376 e. The molecule has 0 heterocycles. The van der Waals surface area contributed by atoms with Gasteiger partial charge in [0.2, 0.25) is 0 Å². The van der Waals surface area contributed by atoms with E-state index in [1.165, 1.54) is 57.8 Å². The molecule has 2 aliphatic rings. The van der Waals surface area contributed by atoms with Crippen molar-refractivity contribution in [2.45, 2.75) is 83.8 Å². The zero-order chi connectivity index (χ0) is 13.5. The van der Waals surface area contributed by atoms with E-state index in [1.54, 1.807) is 0 Å². The molecule has 2 nitrogen and oxygen atoms in total. The van der Waals surface area contributed by atoms with Crippen LogP contribution < -0.4 is 5.32 Å². The van der Waals surface area contributed by atoms with Gasteiger partial charge in [0.15, 0.2) is 0 Å². The summed E-state index contributed by atoms with van der Waals surface area (Å²) in [6.07, 6.45) is 12.7. The van der Waals surface area contributed by atoms with Crippen molar-refractivity contribution in [3.8, 4) is 0 Å². The Morgan fingerprint density at radius 1 is 1.05 bits per heavy atom. The average Bonchev–Trinajstić information content (AvgIpc) is 2.45. The molecule has 0 radical (unpaired) electrons. The van der Waals surface area contributed by atoms with Crippen molar-refractivity contribution in [3.63, 3.8) is 0 Å². The number of nitrogens with one attached hydrogen (secondary N) is 1. The summed E-state index contributed by atoms with van der Waals surface area (Å²) < 4.78 is 6.34. The molecule has 0 aromatic carbocycles. The number of rotatable bonds is 6. The van der Waals surface area contributed by atoms with Crippen LogP contribution in [0.25, 0.3) is 0 Å². The number of ether oxygens (including phenoxy) is 1. The highest BCUT2D eigenvalue weighted by Crippen LogP contribution is 2.29. The van der Waals surface area contributed by atoms with Gasteiger partial charge in [0.1, 0.15) is 0 Å². The predicted molar refractivity (Wildman–Crippen MR) is 81.4 cm³/mol. The highest BCUT2D eigenvalue weighted by molar-refractivity contribution is 4.84. The van der Waals surface area contributed by atoms with Crippen LogP contribution in [0.4, 0.5) is 0 Å². The number of hydrogen-bond donors (Lipinski definition) is 1. The molecule has 0 aromatic rings. The molecule has 112 valence electrons. The first kappa shape index (κ1) is 15.3. The molecule has 3 unspecified atom stereocenters. The standard InChI is InChI=1S/C17H33NO/c1-3-11-18-16-10-9-14(2)12-17(16)19-13-15-7-5-4-6-8-15/h14-18H,3-13H2,1-2H3. The van der Waals surface area contributed by atoms with Crippen molar-refractivity contribution in [3.05, 3.63) is 0 Å². The van der Waals surface area contributed by atoms with Crippen LogP contribution >= 0.6 is 0 Å². The van der Waals surface area contributed by atoms with E-state index in [0.29, 0.717) is 12.1 Å². The summed E-state index contributed by atoms with van der Waals surface area (Å²) in [5, 5.41) is 3.70. The van der Waals surface area contributed by atoms with E-state index in [1.807, 2.05) is 0 Å². The topological polar surface area (TPSA) is 21.3 Å². The Morgan fingerprint density at radius 3 is 2.58 bits per heavy atom. The van der Waals surface area contributed by atoms with E-state index in [4.69, 9.17) is 4.74 Å². The first-order valence-electron chi connectivity index (χ1n) is 8.64. The zero-order valence-electron chi connectivity index (χ0n) is 13.0. The quantitative estimate of drug-likeness (QED) is 0.781. The van der Waals surface area contributed by atoms with Crippen molar-refractivity contribution in [2.75, 3.05) is 13.2 Å². The summed E-state index contributed by atoms with van der Waals surface area (Å²) in [5.74, 6) is 1.69. The smallest absolute Gasteiger partial charge is 0.0730 e. The average molecular weight is 267 g/mol. The van der Waals surface area contributed by atoms with Crippen molar-refractivity contribution < 1.29 is 4.74 Å². The molecule has 2 saturated carbocycles. The third-order valence-corrected chi connectivity index (χ3v) is 4.98. The van der Waals surface area contributed by atoms with Crippen LogP contribution in [0, 0.1) is 11.8 Å². The van der Waals surface area contributed by atoms with Gasteiger partial charge in [-0.2, -0.15) is 0 Å². The first-order chi connectivity index (χ1) is 9.29. The summed E-state index contributed by atoms with van der Waals surface area (Å²) in [6, 6.07) is 0.611. The minimum Gasteiger partial charge on any atom is -0.376 e. The Morgan fingerprint density at radius 2 is 1.84 bits per heavy atom. The van der Waals surface area contributed by atoms with Gasteiger partial charge in [-0.1, -0.05) is 33.1 Å². The molecular weight excluding hydrogens is 234 g/mol. The van der Waals surface area contributed by atoms with Crippen LogP contribution in [-0.2, 0) is 4.74 Å². The third kappa shape index (κ3) is 5.07. The van der Waals surface area contributed by atoms with Crippen molar-refractivity contribution in [1.82, 2.24) is 5.32 Å². The van der Waals surface area contributed by atoms with Gasteiger partial charge in [0, 0.05) is 12.6 Å². The van der Waals surface area contributed by atoms with Crippen molar-refractivity contribution in [2.24, 2.45) is 11.8 Å². The van der Waals surface area contributed by atoms with Crippen LogP contribution in [0.5, 0.6) is 0 Å². The van der Waals surface area contributed by atoms with Crippen LogP contribution in [-0.4, -0.2) is 25.3 Å². The maximum atomic E-state index is 6.34. The molecule has 19 heavy (non-hydrogen) atoms. The lowest BCUT2D eigenvalue weighted by Gasteiger charge is -2.36. The van der Waals surface area contributed by atoms with Gasteiger partial charge in [0.25, 0.3) is 0 Å². The first-order valence-corrected chi connectivity index (χ1v) is 8.64. The molecule has 3 atom stereocenters. The molecule has 0 bridgehead atoms. The molecule has 1 N–H and O–H groups in total. The lowest BCUT2D eigenvalue weighted by Crippen LogP contribution is -2.46. The van der Waals surface area contributed by atoms with Gasteiger partial charge >= 0.3 is 0 Å². The van der Waals surface area contributed by atoms with Gasteiger partial charge in [0.05, 0.1) is 6.10 Å². The van der Waals surface area contributed by atoms with Crippen molar-refractivity contribution in [1.29, 1.82) is 0 Å².